The molecule has 1 heterocycles. The summed E-state index contributed by atoms with van der Waals surface area (Å²) < 4.78 is 1.45. The van der Waals surface area contributed by atoms with Crippen LogP contribution in [0.15, 0.2) is 47.7 Å². The Kier molecular flexibility index (Phi) is 2.33. The molecule has 0 N–H and O–H groups in total. The lowest BCUT2D eigenvalue weighted by atomic mass is 10.3. The molecule has 0 spiro atoms. The van der Waals surface area contributed by atoms with Crippen molar-refractivity contribution in [2.75, 3.05) is 0 Å². The van der Waals surface area contributed by atoms with Crippen LogP contribution in [0.4, 0.5) is 0 Å². The molecule has 0 radical (unpaired) electrons. The molecule has 1 aromatic carbocycles. The summed E-state index contributed by atoms with van der Waals surface area (Å²) in [6.07, 6.45) is 2.94. The van der Waals surface area contributed by atoms with Crippen LogP contribution in [0.25, 0.3) is 5.69 Å². The van der Waals surface area contributed by atoms with E-state index in [4.69, 9.17) is 11.6 Å². The van der Waals surface area contributed by atoms with Crippen LogP contribution in [0.2, 0.25) is 5.02 Å². The Hall–Kier alpha value is -1.61. The fraction of sp³-hybridized carbons (Fsp3) is 0. The molecule has 0 aliphatic carbocycles. The van der Waals surface area contributed by atoms with E-state index in [1.807, 2.05) is 0 Å². The maximum atomic E-state index is 11.4. The van der Waals surface area contributed by atoms with E-state index in [0.29, 0.717) is 5.02 Å². The van der Waals surface area contributed by atoms with Gasteiger partial charge in [-0.25, -0.2) is 4.98 Å². The Balaban J connectivity index is 2.56. The third kappa shape index (κ3) is 1.67. The van der Waals surface area contributed by atoms with E-state index in [1.165, 1.54) is 23.2 Å². The Bertz CT molecular complexity index is 490. The molecule has 0 unspecified atom stereocenters. The molecule has 0 atom stereocenters. The summed E-state index contributed by atoms with van der Waals surface area (Å²) in [5, 5.41) is 0.644. The first-order valence-electron chi connectivity index (χ1n) is 4.06. The highest BCUT2D eigenvalue weighted by Gasteiger charge is 1.97. The van der Waals surface area contributed by atoms with Gasteiger partial charge in [-0.05, 0) is 24.3 Å². The lowest BCUT2D eigenvalue weighted by Gasteiger charge is -2.03. The Labute approximate surface area is 85.6 Å². The maximum absolute atomic E-state index is 11.4. The largest absolute Gasteiger partial charge is 0.269 e. The van der Waals surface area contributed by atoms with Crippen molar-refractivity contribution in [3.8, 4) is 5.69 Å². The highest BCUT2D eigenvalue weighted by molar-refractivity contribution is 6.30. The van der Waals surface area contributed by atoms with Crippen LogP contribution in [0.3, 0.4) is 0 Å². The Morgan fingerprint density at radius 1 is 1.14 bits per heavy atom. The van der Waals surface area contributed by atoms with Gasteiger partial charge in [-0.2, -0.15) is 0 Å². The first kappa shape index (κ1) is 8.97. The molecule has 0 fully saturated rings. The van der Waals surface area contributed by atoms with E-state index in [2.05, 4.69) is 4.98 Å². The lowest BCUT2D eigenvalue weighted by Crippen LogP contribution is -2.16. The number of halogens is 1. The van der Waals surface area contributed by atoms with E-state index in [0.717, 1.165) is 5.69 Å². The van der Waals surface area contributed by atoms with Crippen LogP contribution in [0.5, 0.6) is 0 Å². The monoisotopic (exact) mass is 206 g/mol. The minimum absolute atomic E-state index is 0.109. The highest BCUT2D eigenvalue weighted by atomic mass is 35.5. The third-order valence-electron chi connectivity index (χ3n) is 1.83. The first-order chi connectivity index (χ1) is 6.77. The predicted molar refractivity (Wildman–Crippen MR) is 54.8 cm³/mol. The molecular formula is C10H7ClN2O. The molecule has 4 heteroatoms. The van der Waals surface area contributed by atoms with E-state index >= 15 is 0 Å². The number of hydrogen-bond acceptors (Lipinski definition) is 2. The average molecular weight is 207 g/mol. The van der Waals surface area contributed by atoms with Crippen LogP contribution >= 0.6 is 11.6 Å². The standard InChI is InChI=1S/C10H7ClN2O/c11-8-1-3-9(4-2-8)13-7-12-6-5-10(13)14/h1-7H. The van der Waals surface area contributed by atoms with E-state index < -0.39 is 0 Å². The smallest absolute Gasteiger partial charge is 0.257 e. The zero-order chi connectivity index (χ0) is 9.97. The summed E-state index contributed by atoms with van der Waals surface area (Å²) in [5.74, 6) is 0. The minimum Gasteiger partial charge on any atom is -0.269 e. The van der Waals surface area contributed by atoms with Crippen molar-refractivity contribution in [1.82, 2.24) is 9.55 Å². The zero-order valence-electron chi connectivity index (χ0n) is 7.22. The molecule has 1 aromatic heterocycles. The number of rotatable bonds is 1. The van der Waals surface area contributed by atoms with Gasteiger partial charge in [-0.15, -0.1) is 0 Å². The molecule has 2 aromatic rings. The van der Waals surface area contributed by atoms with Crippen LogP contribution < -0.4 is 5.56 Å². The number of nitrogens with zero attached hydrogens (tertiary/aromatic N) is 2. The second kappa shape index (κ2) is 3.64. The van der Waals surface area contributed by atoms with Crippen molar-refractivity contribution >= 4 is 11.6 Å². The van der Waals surface area contributed by atoms with Crippen molar-refractivity contribution in [2.24, 2.45) is 0 Å². The SMILES string of the molecule is O=c1ccncn1-c1ccc(Cl)cc1. The van der Waals surface area contributed by atoms with Crippen LogP contribution in [0.1, 0.15) is 0 Å². The molecule has 0 bridgehead atoms. The van der Waals surface area contributed by atoms with Gasteiger partial charge in [0.25, 0.3) is 5.56 Å². The summed E-state index contributed by atoms with van der Waals surface area (Å²) in [7, 11) is 0. The normalized spacial score (nSPS) is 10.1. The number of aromatic nitrogens is 2. The van der Waals surface area contributed by atoms with Gasteiger partial charge in [-0.1, -0.05) is 11.6 Å². The van der Waals surface area contributed by atoms with Gasteiger partial charge < -0.3 is 0 Å². The van der Waals surface area contributed by atoms with Gasteiger partial charge in [0.15, 0.2) is 0 Å². The second-order valence-electron chi connectivity index (χ2n) is 2.76. The van der Waals surface area contributed by atoms with Crippen molar-refractivity contribution in [2.45, 2.75) is 0 Å². The molecule has 14 heavy (non-hydrogen) atoms. The Morgan fingerprint density at radius 3 is 2.50 bits per heavy atom. The van der Waals surface area contributed by atoms with Crippen LogP contribution in [-0.2, 0) is 0 Å². The molecule has 0 amide bonds. The summed E-state index contributed by atoms with van der Waals surface area (Å²) >= 11 is 5.74. The van der Waals surface area contributed by atoms with E-state index in [9.17, 15) is 4.79 Å². The number of hydrogen-bond donors (Lipinski definition) is 0. The summed E-state index contributed by atoms with van der Waals surface area (Å²) in [6.45, 7) is 0. The maximum Gasteiger partial charge on any atom is 0.257 e. The van der Waals surface area contributed by atoms with Gasteiger partial charge in [0, 0.05) is 17.3 Å². The third-order valence-corrected chi connectivity index (χ3v) is 2.08. The summed E-state index contributed by atoms with van der Waals surface area (Å²) in [6, 6.07) is 8.41. The molecule has 70 valence electrons. The van der Waals surface area contributed by atoms with Gasteiger partial charge in [0.05, 0.1) is 5.69 Å². The molecule has 0 aliphatic heterocycles. The quantitative estimate of drug-likeness (QED) is 0.714. The predicted octanol–water partition coefficient (Wildman–Crippen LogP) is 1.89. The molecule has 0 aliphatic rings. The van der Waals surface area contributed by atoms with Crippen molar-refractivity contribution in [3.63, 3.8) is 0 Å². The van der Waals surface area contributed by atoms with Crippen molar-refractivity contribution in [1.29, 1.82) is 0 Å². The average Bonchev–Trinajstić information content (AvgIpc) is 2.20. The van der Waals surface area contributed by atoms with Gasteiger partial charge in [-0.3, -0.25) is 9.36 Å². The van der Waals surface area contributed by atoms with Crippen molar-refractivity contribution in [3.05, 3.63) is 58.2 Å². The highest BCUT2D eigenvalue weighted by Crippen LogP contribution is 2.11. The van der Waals surface area contributed by atoms with Gasteiger partial charge in [0.2, 0.25) is 0 Å². The number of benzene rings is 1. The second-order valence-corrected chi connectivity index (χ2v) is 3.20. The van der Waals surface area contributed by atoms with Gasteiger partial charge >= 0.3 is 0 Å². The lowest BCUT2D eigenvalue weighted by molar-refractivity contribution is 0.936. The first-order valence-corrected chi connectivity index (χ1v) is 4.44. The molecule has 0 saturated carbocycles. The molecular weight excluding hydrogens is 200 g/mol. The van der Waals surface area contributed by atoms with Gasteiger partial charge in [0.1, 0.15) is 6.33 Å². The van der Waals surface area contributed by atoms with Crippen molar-refractivity contribution < 1.29 is 0 Å². The molecule has 3 nitrogen and oxygen atoms in total. The molecule has 2 rings (SSSR count). The summed E-state index contributed by atoms with van der Waals surface area (Å²) in [5.41, 5.74) is 0.648. The Morgan fingerprint density at radius 2 is 1.86 bits per heavy atom. The minimum atomic E-state index is -0.109. The fourth-order valence-corrected chi connectivity index (χ4v) is 1.27. The van der Waals surface area contributed by atoms with E-state index in [1.54, 1.807) is 24.3 Å². The molecule has 0 saturated heterocycles. The topological polar surface area (TPSA) is 34.9 Å². The summed E-state index contributed by atoms with van der Waals surface area (Å²) in [4.78, 5) is 15.3. The fourth-order valence-electron chi connectivity index (χ4n) is 1.14. The van der Waals surface area contributed by atoms with Crippen LogP contribution in [-0.4, -0.2) is 9.55 Å². The zero-order valence-corrected chi connectivity index (χ0v) is 7.98. The van der Waals surface area contributed by atoms with E-state index in [-0.39, 0.29) is 5.56 Å². The van der Waals surface area contributed by atoms with Crippen LogP contribution in [0, 0.1) is 0 Å².